The van der Waals surface area contributed by atoms with Crippen molar-refractivity contribution in [1.82, 2.24) is 5.32 Å². The van der Waals surface area contributed by atoms with Gasteiger partial charge >= 0.3 is 0 Å². The van der Waals surface area contributed by atoms with E-state index < -0.39 is 0 Å². The predicted molar refractivity (Wildman–Crippen MR) is 101 cm³/mol. The molecule has 0 atom stereocenters. The molecule has 0 amide bonds. The first-order chi connectivity index (χ1) is 11.7. The minimum Gasteiger partial charge on any atom is -0.492 e. The quantitative estimate of drug-likeness (QED) is 0.296. The maximum atomic E-state index is 5.75. The lowest BCUT2D eigenvalue weighted by Crippen LogP contribution is -2.23. The standard InChI is InChI=1S/C17H25N5OS/c18-6-9-23-15-5-4-13(16-3-1-10-24-16)11-14(15)12-21-7-2-8-22-17(19)20/h1,3-5,10-11,21H,2,6-9,12,18H2,(H4,19,20,22). The molecule has 0 aliphatic rings. The molecule has 0 aliphatic heterocycles. The van der Waals surface area contributed by atoms with Crippen molar-refractivity contribution in [3.63, 3.8) is 0 Å². The van der Waals surface area contributed by atoms with Gasteiger partial charge in [0.1, 0.15) is 12.4 Å². The molecule has 0 bridgehead atoms. The van der Waals surface area contributed by atoms with Crippen LogP contribution in [0.3, 0.4) is 0 Å². The van der Waals surface area contributed by atoms with E-state index in [1.807, 2.05) is 6.07 Å². The van der Waals surface area contributed by atoms with Crippen molar-refractivity contribution in [3.8, 4) is 16.2 Å². The second-order valence-electron chi connectivity index (χ2n) is 5.27. The number of thiophene rings is 1. The van der Waals surface area contributed by atoms with Crippen molar-refractivity contribution in [2.24, 2.45) is 22.2 Å². The number of hydrogen-bond acceptors (Lipinski definition) is 5. The summed E-state index contributed by atoms with van der Waals surface area (Å²) in [5.41, 5.74) is 18.5. The average molecular weight is 347 g/mol. The van der Waals surface area contributed by atoms with Crippen LogP contribution in [0.5, 0.6) is 5.75 Å². The van der Waals surface area contributed by atoms with E-state index in [1.165, 1.54) is 10.4 Å². The van der Waals surface area contributed by atoms with Crippen LogP contribution < -0.4 is 27.3 Å². The first kappa shape index (κ1) is 18.3. The number of benzene rings is 1. The summed E-state index contributed by atoms with van der Waals surface area (Å²) in [5.74, 6) is 1.01. The molecule has 0 saturated heterocycles. The number of nitrogens with two attached hydrogens (primary N) is 3. The number of guanidine groups is 1. The number of aliphatic imine (C=N–C) groups is 1. The molecule has 130 valence electrons. The SMILES string of the molecule is NCCOc1ccc(-c2cccs2)cc1CNCCCN=C(N)N. The van der Waals surface area contributed by atoms with Crippen molar-refractivity contribution in [1.29, 1.82) is 0 Å². The highest BCUT2D eigenvalue weighted by atomic mass is 32.1. The fourth-order valence-corrected chi connectivity index (χ4v) is 2.98. The molecule has 2 aromatic rings. The zero-order valence-corrected chi connectivity index (χ0v) is 14.5. The smallest absolute Gasteiger partial charge is 0.185 e. The molecule has 0 saturated carbocycles. The Hall–Kier alpha value is -2.09. The maximum absolute atomic E-state index is 5.75. The normalized spacial score (nSPS) is 10.5. The van der Waals surface area contributed by atoms with E-state index in [0.717, 1.165) is 30.8 Å². The highest BCUT2D eigenvalue weighted by molar-refractivity contribution is 7.13. The third-order valence-corrected chi connectivity index (χ3v) is 4.28. The predicted octanol–water partition coefficient (Wildman–Crippen LogP) is 1.51. The fraction of sp³-hybridized carbons (Fsp3) is 0.353. The third kappa shape index (κ3) is 5.84. The molecule has 1 aromatic carbocycles. The summed E-state index contributed by atoms with van der Waals surface area (Å²) in [6.45, 7) is 3.19. The average Bonchev–Trinajstić information content (AvgIpc) is 3.11. The molecule has 7 N–H and O–H groups in total. The first-order valence-corrected chi connectivity index (χ1v) is 8.84. The minimum atomic E-state index is 0.135. The zero-order chi connectivity index (χ0) is 17.2. The van der Waals surface area contributed by atoms with E-state index in [2.05, 4.69) is 40.0 Å². The van der Waals surface area contributed by atoms with Gasteiger partial charge in [0, 0.05) is 30.1 Å². The summed E-state index contributed by atoms with van der Waals surface area (Å²) >= 11 is 1.73. The number of hydrogen-bond donors (Lipinski definition) is 4. The molecule has 6 nitrogen and oxygen atoms in total. The Morgan fingerprint density at radius 1 is 1.25 bits per heavy atom. The van der Waals surface area contributed by atoms with Crippen LogP contribution in [-0.4, -0.2) is 32.2 Å². The highest BCUT2D eigenvalue weighted by Crippen LogP contribution is 2.29. The lowest BCUT2D eigenvalue weighted by molar-refractivity contribution is 0.324. The summed E-state index contributed by atoms with van der Waals surface area (Å²) in [6, 6.07) is 10.4. The van der Waals surface area contributed by atoms with Gasteiger partial charge in [0.05, 0.1) is 0 Å². The van der Waals surface area contributed by atoms with E-state index in [4.69, 9.17) is 21.9 Å². The fourth-order valence-electron chi connectivity index (χ4n) is 2.26. The lowest BCUT2D eigenvalue weighted by atomic mass is 10.1. The van der Waals surface area contributed by atoms with Gasteiger partial charge < -0.3 is 27.3 Å². The van der Waals surface area contributed by atoms with Crippen LogP contribution in [-0.2, 0) is 6.54 Å². The van der Waals surface area contributed by atoms with Gasteiger partial charge in [-0.05, 0) is 48.2 Å². The Balaban J connectivity index is 1.98. The van der Waals surface area contributed by atoms with Gasteiger partial charge in [-0.2, -0.15) is 0 Å². The van der Waals surface area contributed by atoms with Gasteiger partial charge in [-0.3, -0.25) is 4.99 Å². The Morgan fingerprint density at radius 2 is 2.12 bits per heavy atom. The monoisotopic (exact) mass is 347 g/mol. The van der Waals surface area contributed by atoms with Crippen LogP contribution in [0.4, 0.5) is 0 Å². The largest absolute Gasteiger partial charge is 0.492 e. The van der Waals surface area contributed by atoms with Crippen LogP contribution in [0.1, 0.15) is 12.0 Å². The van der Waals surface area contributed by atoms with Crippen LogP contribution in [0.2, 0.25) is 0 Å². The van der Waals surface area contributed by atoms with Gasteiger partial charge in [0.25, 0.3) is 0 Å². The van der Waals surface area contributed by atoms with Crippen molar-refractivity contribution in [2.75, 3.05) is 26.2 Å². The van der Waals surface area contributed by atoms with Gasteiger partial charge in [-0.1, -0.05) is 6.07 Å². The summed E-state index contributed by atoms with van der Waals surface area (Å²) < 4.78 is 5.75. The van der Waals surface area contributed by atoms with E-state index in [1.54, 1.807) is 11.3 Å². The molecular weight excluding hydrogens is 322 g/mol. The maximum Gasteiger partial charge on any atom is 0.185 e. The molecule has 0 unspecified atom stereocenters. The number of ether oxygens (including phenoxy) is 1. The summed E-state index contributed by atoms with van der Waals surface area (Å²) in [5, 5.41) is 5.49. The summed E-state index contributed by atoms with van der Waals surface area (Å²) in [6.07, 6.45) is 0.876. The van der Waals surface area contributed by atoms with E-state index in [0.29, 0.717) is 19.7 Å². The van der Waals surface area contributed by atoms with Gasteiger partial charge in [0.2, 0.25) is 0 Å². The van der Waals surface area contributed by atoms with E-state index in [-0.39, 0.29) is 5.96 Å². The van der Waals surface area contributed by atoms with Crippen molar-refractivity contribution >= 4 is 17.3 Å². The zero-order valence-electron chi connectivity index (χ0n) is 13.7. The molecule has 0 aliphatic carbocycles. The van der Waals surface area contributed by atoms with Crippen LogP contribution >= 0.6 is 11.3 Å². The van der Waals surface area contributed by atoms with Crippen LogP contribution in [0.15, 0.2) is 40.7 Å². The molecule has 0 spiro atoms. The first-order valence-electron chi connectivity index (χ1n) is 7.96. The van der Waals surface area contributed by atoms with Crippen molar-refractivity contribution in [2.45, 2.75) is 13.0 Å². The van der Waals surface area contributed by atoms with Crippen molar-refractivity contribution in [3.05, 3.63) is 41.3 Å². The molecule has 0 fully saturated rings. The van der Waals surface area contributed by atoms with Crippen molar-refractivity contribution < 1.29 is 4.74 Å². The molecular formula is C17H25N5OS. The lowest BCUT2D eigenvalue weighted by Gasteiger charge is -2.13. The topological polar surface area (TPSA) is 112 Å². The van der Waals surface area contributed by atoms with Gasteiger partial charge in [-0.25, -0.2) is 0 Å². The summed E-state index contributed by atoms with van der Waals surface area (Å²) in [7, 11) is 0. The second kappa shape index (κ2) is 9.92. The third-order valence-electron chi connectivity index (χ3n) is 3.36. The van der Waals surface area contributed by atoms with E-state index in [9.17, 15) is 0 Å². The second-order valence-corrected chi connectivity index (χ2v) is 6.22. The van der Waals surface area contributed by atoms with E-state index >= 15 is 0 Å². The molecule has 24 heavy (non-hydrogen) atoms. The number of nitrogens with zero attached hydrogens (tertiary/aromatic N) is 1. The number of rotatable bonds is 10. The highest BCUT2D eigenvalue weighted by Gasteiger charge is 2.07. The molecule has 7 heteroatoms. The van der Waals surface area contributed by atoms with Gasteiger partial charge in [0.15, 0.2) is 5.96 Å². The summed E-state index contributed by atoms with van der Waals surface area (Å²) in [4.78, 5) is 5.21. The Labute approximate surface area is 146 Å². The Kier molecular flexibility index (Phi) is 7.54. The van der Waals surface area contributed by atoms with Crippen LogP contribution in [0.25, 0.3) is 10.4 Å². The molecule has 2 rings (SSSR count). The molecule has 0 radical (unpaired) electrons. The Morgan fingerprint density at radius 3 is 2.83 bits per heavy atom. The number of nitrogens with one attached hydrogen (secondary N) is 1. The minimum absolute atomic E-state index is 0.135. The Bertz CT molecular complexity index is 638. The van der Waals surface area contributed by atoms with Crippen LogP contribution in [0, 0.1) is 0 Å². The van der Waals surface area contributed by atoms with Gasteiger partial charge in [-0.15, -0.1) is 11.3 Å². The molecule has 1 heterocycles. The molecule has 1 aromatic heterocycles.